The molecule has 1 fully saturated rings. The summed E-state index contributed by atoms with van der Waals surface area (Å²) < 4.78 is 21.4. The molecule has 2 atom stereocenters. The maximum absolute atomic E-state index is 14.7. The Morgan fingerprint density at radius 3 is 2.67 bits per heavy atom. The molecule has 3 heterocycles. The van der Waals surface area contributed by atoms with Crippen molar-refractivity contribution >= 4 is 23.3 Å². The molecule has 0 spiro atoms. The normalized spacial score (nSPS) is 17.8. The minimum Gasteiger partial charge on any atom is -0.469 e. The predicted molar refractivity (Wildman–Crippen MR) is 129 cm³/mol. The first-order valence-electron chi connectivity index (χ1n) is 10.9. The van der Waals surface area contributed by atoms with E-state index in [1.165, 1.54) is 13.2 Å². The number of methoxy groups -OCH3 is 1. The number of aryl methyl sites for hydroxylation is 1. The van der Waals surface area contributed by atoms with Gasteiger partial charge in [0.25, 0.3) is 0 Å². The standard InChI is InChI=1S/C25H27FN4O2S/c1-16-15-18(17(2)30(16)21-11-5-4-9-19(21)26)24-23(20-10-6-7-13-27-20)28-25(33)29(24)14-8-12-22(31)32-3/h4-7,9-11,13,15,23-24H,8,12,14H2,1-3H3,(H,28,33)/t23-,24+/m0/s1. The Kier molecular flexibility index (Phi) is 6.74. The van der Waals surface area contributed by atoms with Crippen LogP contribution in [0.5, 0.6) is 0 Å². The number of rotatable bonds is 7. The number of hydrogen-bond acceptors (Lipinski definition) is 4. The van der Waals surface area contributed by atoms with Crippen LogP contribution in [0.4, 0.5) is 4.39 Å². The van der Waals surface area contributed by atoms with E-state index in [-0.39, 0.29) is 23.9 Å². The van der Waals surface area contributed by atoms with E-state index in [9.17, 15) is 9.18 Å². The van der Waals surface area contributed by atoms with Gasteiger partial charge in [0.05, 0.1) is 30.6 Å². The lowest BCUT2D eigenvalue weighted by atomic mass is 9.96. The Morgan fingerprint density at radius 2 is 1.97 bits per heavy atom. The van der Waals surface area contributed by atoms with Crippen molar-refractivity contribution in [3.63, 3.8) is 0 Å². The van der Waals surface area contributed by atoms with Crippen molar-refractivity contribution in [2.45, 2.75) is 38.8 Å². The Balaban J connectivity index is 1.76. The molecular formula is C25H27FN4O2S. The van der Waals surface area contributed by atoms with Gasteiger partial charge >= 0.3 is 5.97 Å². The van der Waals surface area contributed by atoms with E-state index in [1.54, 1.807) is 18.3 Å². The van der Waals surface area contributed by atoms with E-state index in [4.69, 9.17) is 17.0 Å². The summed E-state index contributed by atoms with van der Waals surface area (Å²) in [5.74, 6) is -0.522. The third kappa shape index (κ3) is 4.48. The number of nitrogens with zero attached hydrogens (tertiary/aromatic N) is 3. The second kappa shape index (κ2) is 9.70. The highest BCUT2D eigenvalue weighted by Crippen LogP contribution is 2.41. The minimum atomic E-state index is -0.276. The number of aromatic nitrogens is 2. The number of benzene rings is 1. The monoisotopic (exact) mass is 466 g/mol. The molecule has 4 rings (SSSR count). The van der Waals surface area contributed by atoms with Gasteiger partial charge in [-0.25, -0.2) is 4.39 Å². The zero-order chi connectivity index (χ0) is 23.5. The summed E-state index contributed by atoms with van der Waals surface area (Å²) in [4.78, 5) is 18.3. The minimum absolute atomic E-state index is 0.156. The number of carbonyl (C=O) groups excluding carboxylic acids is 1. The van der Waals surface area contributed by atoms with Crippen molar-refractivity contribution in [2.75, 3.05) is 13.7 Å². The molecule has 0 radical (unpaired) electrons. The molecule has 1 aliphatic rings. The molecule has 0 amide bonds. The highest BCUT2D eigenvalue weighted by Gasteiger charge is 2.41. The average Bonchev–Trinajstić information content (AvgIpc) is 3.30. The zero-order valence-corrected chi connectivity index (χ0v) is 19.7. The lowest BCUT2D eigenvalue weighted by Crippen LogP contribution is -2.31. The van der Waals surface area contributed by atoms with Crippen molar-refractivity contribution < 1.29 is 13.9 Å². The van der Waals surface area contributed by atoms with Gasteiger partial charge in [0.1, 0.15) is 5.82 Å². The first kappa shape index (κ1) is 22.9. The van der Waals surface area contributed by atoms with Gasteiger partial charge in [0.2, 0.25) is 0 Å². The summed E-state index contributed by atoms with van der Waals surface area (Å²) in [6, 6.07) is 14.3. The summed E-state index contributed by atoms with van der Waals surface area (Å²) in [5, 5.41) is 4.03. The summed E-state index contributed by atoms with van der Waals surface area (Å²) >= 11 is 5.70. The molecule has 1 aliphatic heterocycles. The zero-order valence-electron chi connectivity index (χ0n) is 18.9. The predicted octanol–water partition coefficient (Wildman–Crippen LogP) is 4.55. The number of pyridine rings is 1. The van der Waals surface area contributed by atoms with E-state index >= 15 is 0 Å². The van der Waals surface area contributed by atoms with Gasteiger partial charge in [-0.1, -0.05) is 18.2 Å². The highest BCUT2D eigenvalue weighted by molar-refractivity contribution is 7.80. The maximum Gasteiger partial charge on any atom is 0.305 e. The summed E-state index contributed by atoms with van der Waals surface area (Å²) in [5.41, 5.74) is 4.29. The van der Waals surface area contributed by atoms with Gasteiger partial charge in [-0.3, -0.25) is 9.78 Å². The van der Waals surface area contributed by atoms with E-state index in [1.807, 2.05) is 42.7 Å². The van der Waals surface area contributed by atoms with Crippen molar-refractivity contribution in [3.05, 3.63) is 83.2 Å². The van der Waals surface area contributed by atoms with Gasteiger partial charge < -0.3 is 19.5 Å². The van der Waals surface area contributed by atoms with Crippen LogP contribution in [-0.2, 0) is 9.53 Å². The van der Waals surface area contributed by atoms with Crippen molar-refractivity contribution in [1.82, 2.24) is 19.8 Å². The largest absolute Gasteiger partial charge is 0.469 e. The first-order valence-corrected chi connectivity index (χ1v) is 11.3. The van der Waals surface area contributed by atoms with Crippen LogP contribution in [-0.4, -0.2) is 39.2 Å². The number of para-hydroxylation sites is 1. The number of carbonyl (C=O) groups is 1. The molecule has 0 unspecified atom stereocenters. The van der Waals surface area contributed by atoms with Crippen LogP contribution < -0.4 is 5.32 Å². The molecule has 1 aromatic carbocycles. The van der Waals surface area contributed by atoms with Crippen molar-refractivity contribution in [3.8, 4) is 5.69 Å². The van der Waals surface area contributed by atoms with Crippen molar-refractivity contribution in [1.29, 1.82) is 0 Å². The number of hydrogen-bond donors (Lipinski definition) is 1. The topological polar surface area (TPSA) is 59.4 Å². The molecule has 0 bridgehead atoms. The quantitative estimate of drug-likeness (QED) is 0.407. The van der Waals surface area contributed by atoms with E-state index in [0.717, 1.165) is 22.6 Å². The smallest absolute Gasteiger partial charge is 0.305 e. The Bertz CT molecular complexity index is 1160. The van der Waals surface area contributed by atoms with Gasteiger partial charge in [-0.2, -0.15) is 0 Å². The SMILES string of the molecule is COC(=O)CCCN1C(=S)N[C@@H](c2ccccn2)[C@H]1c1cc(C)n(-c2ccccc2F)c1C. The lowest BCUT2D eigenvalue weighted by Gasteiger charge is -2.28. The Labute approximate surface area is 198 Å². The van der Waals surface area contributed by atoms with E-state index < -0.39 is 0 Å². The van der Waals surface area contributed by atoms with Gasteiger partial charge in [-0.15, -0.1) is 0 Å². The fourth-order valence-electron chi connectivity index (χ4n) is 4.57. The molecule has 6 nitrogen and oxygen atoms in total. The van der Waals surface area contributed by atoms with E-state index in [2.05, 4.69) is 21.3 Å². The van der Waals surface area contributed by atoms with Gasteiger partial charge in [-0.05, 0) is 68.4 Å². The van der Waals surface area contributed by atoms with Crippen LogP contribution in [0, 0.1) is 19.7 Å². The second-order valence-corrected chi connectivity index (χ2v) is 8.50. The van der Waals surface area contributed by atoms with Crippen LogP contribution in [0.1, 0.15) is 47.6 Å². The number of thiocarbonyl (C=S) groups is 1. The van der Waals surface area contributed by atoms with Gasteiger partial charge in [0, 0.05) is 30.6 Å². The number of ether oxygens (including phenoxy) is 1. The number of halogens is 1. The van der Waals surface area contributed by atoms with E-state index in [0.29, 0.717) is 30.2 Å². The molecule has 8 heteroatoms. The second-order valence-electron chi connectivity index (χ2n) is 8.11. The Morgan fingerprint density at radius 1 is 1.21 bits per heavy atom. The summed E-state index contributed by atoms with van der Waals surface area (Å²) in [6.07, 6.45) is 2.68. The molecule has 2 aromatic heterocycles. The fourth-order valence-corrected chi connectivity index (χ4v) is 4.90. The summed E-state index contributed by atoms with van der Waals surface area (Å²) in [7, 11) is 1.39. The van der Waals surface area contributed by atoms with Crippen LogP contribution in [0.2, 0.25) is 0 Å². The average molecular weight is 467 g/mol. The first-order chi connectivity index (χ1) is 15.9. The van der Waals surface area contributed by atoms with Crippen LogP contribution in [0.3, 0.4) is 0 Å². The molecule has 3 aromatic rings. The lowest BCUT2D eigenvalue weighted by molar-refractivity contribution is -0.140. The molecule has 0 saturated carbocycles. The highest BCUT2D eigenvalue weighted by atomic mass is 32.1. The van der Waals surface area contributed by atoms with Crippen LogP contribution in [0.25, 0.3) is 5.69 Å². The van der Waals surface area contributed by atoms with Crippen LogP contribution in [0.15, 0.2) is 54.7 Å². The third-order valence-corrected chi connectivity index (χ3v) is 6.44. The molecular weight excluding hydrogens is 439 g/mol. The number of esters is 1. The number of nitrogens with one attached hydrogen (secondary N) is 1. The molecule has 1 N–H and O–H groups in total. The molecule has 1 saturated heterocycles. The van der Waals surface area contributed by atoms with Gasteiger partial charge in [0.15, 0.2) is 5.11 Å². The van der Waals surface area contributed by atoms with Crippen LogP contribution >= 0.6 is 12.2 Å². The summed E-state index contributed by atoms with van der Waals surface area (Å²) in [6.45, 7) is 4.55. The van der Waals surface area contributed by atoms with Crippen molar-refractivity contribution in [2.24, 2.45) is 0 Å². The third-order valence-electron chi connectivity index (χ3n) is 6.09. The maximum atomic E-state index is 14.7. The molecule has 33 heavy (non-hydrogen) atoms. The molecule has 0 aliphatic carbocycles. The molecule has 172 valence electrons. The fraction of sp³-hybridized carbons (Fsp3) is 0.320. The Hall–Kier alpha value is -3.26.